The molecule has 1 aliphatic heterocycles. The lowest BCUT2D eigenvalue weighted by Gasteiger charge is -2.08. The van der Waals surface area contributed by atoms with E-state index in [1.807, 2.05) is 31.2 Å². The van der Waals surface area contributed by atoms with Gasteiger partial charge in [0, 0.05) is 18.7 Å². The lowest BCUT2D eigenvalue weighted by atomic mass is 10.1. The molecular formula is C18H18ClNO4. The first-order valence-electron chi connectivity index (χ1n) is 7.70. The summed E-state index contributed by atoms with van der Waals surface area (Å²) in [7, 11) is 0. The van der Waals surface area contributed by atoms with Crippen LogP contribution in [0.4, 0.5) is 0 Å². The van der Waals surface area contributed by atoms with Crippen LogP contribution < -0.4 is 14.8 Å². The zero-order valence-corrected chi connectivity index (χ0v) is 14.1. The molecule has 24 heavy (non-hydrogen) atoms. The number of benzene rings is 2. The summed E-state index contributed by atoms with van der Waals surface area (Å²) < 4.78 is 15.9. The zero-order chi connectivity index (χ0) is 16.9. The van der Waals surface area contributed by atoms with E-state index >= 15 is 0 Å². The van der Waals surface area contributed by atoms with Crippen molar-refractivity contribution >= 4 is 17.5 Å². The molecule has 5 nitrogen and oxygen atoms in total. The van der Waals surface area contributed by atoms with Crippen LogP contribution in [0.25, 0.3) is 0 Å². The molecule has 1 heterocycles. The first-order chi connectivity index (χ1) is 11.7. The van der Waals surface area contributed by atoms with Crippen molar-refractivity contribution in [3.05, 3.63) is 58.1 Å². The fraction of sp³-hybridized carbons (Fsp3) is 0.278. The normalized spacial score (nSPS) is 12.2. The summed E-state index contributed by atoms with van der Waals surface area (Å²) in [6.07, 6.45) is 0. The van der Waals surface area contributed by atoms with Gasteiger partial charge < -0.3 is 19.5 Å². The predicted molar refractivity (Wildman–Crippen MR) is 90.5 cm³/mol. The maximum absolute atomic E-state index is 12.3. The minimum Gasteiger partial charge on any atom is -0.454 e. The van der Waals surface area contributed by atoms with E-state index < -0.39 is 0 Å². The van der Waals surface area contributed by atoms with Crippen molar-refractivity contribution in [1.82, 2.24) is 5.32 Å². The Kier molecular flexibility index (Phi) is 5.23. The second-order valence-electron chi connectivity index (χ2n) is 5.33. The van der Waals surface area contributed by atoms with Crippen LogP contribution in [0.1, 0.15) is 28.4 Å². The third-order valence-corrected chi connectivity index (χ3v) is 3.92. The van der Waals surface area contributed by atoms with Crippen LogP contribution in [0, 0.1) is 0 Å². The molecular weight excluding hydrogens is 330 g/mol. The molecule has 3 rings (SSSR count). The molecule has 126 valence electrons. The number of carbonyl (C=O) groups excluding carboxylic acids is 1. The quantitative estimate of drug-likeness (QED) is 0.868. The highest BCUT2D eigenvalue weighted by Gasteiger charge is 2.20. The summed E-state index contributed by atoms with van der Waals surface area (Å²) in [6, 6.07) is 11.1. The lowest BCUT2D eigenvalue weighted by molar-refractivity contribution is 0.0950. The summed E-state index contributed by atoms with van der Waals surface area (Å²) in [5.41, 5.74) is 2.56. The first kappa shape index (κ1) is 16.6. The first-order valence-corrected chi connectivity index (χ1v) is 8.08. The Morgan fingerprint density at radius 1 is 1.21 bits per heavy atom. The number of hydrogen-bond acceptors (Lipinski definition) is 4. The van der Waals surface area contributed by atoms with E-state index in [4.69, 9.17) is 25.8 Å². The minimum atomic E-state index is -0.214. The van der Waals surface area contributed by atoms with Gasteiger partial charge >= 0.3 is 0 Å². The van der Waals surface area contributed by atoms with Crippen molar-refractivity contribution in [3.8, 4) is 11.5 Å². The smallest absolute Gasteiger partial charge is 0.251 e. The average Bonchev–Trinajstić information content (AvgIpc) is 3.08. The van der Waals surface area contributed by atoms with E-state index in [0.29, 0.717) is 41.8 Å². The third-order valence-electron chi connectivity index (χ3n) is 3.64. The van der Waals surface area contributed by atoms with Gasteiger partial charge in [0.2, 0.25) is 6.79 Å². The van der Waals surface area contributed by atoms with Crippen molar-refractivity contribution in [2.24, 2.45) is 0 Å². The molecule has 0 spiro atoms. The highest BCUT2D eigenvalue weighted by molar-refractivity contribution is 6.32. The summed E-state index contributed by atoms with van der Waals surface area (Å²) >= 11 is 6.10. The molecule has 1 amide bonds. The Morgan fingerprint density at radius 2 is 1.96 bits per heavy atom. The fourth-order valence-electron chi connectivity index (χ4n) is 2.36. The molecule has 6 heteroatoms. The Labute approximate surface area is 145 Å². The second-order valence-corrected chi connectivity index (χ2v) is 5.74. The average molecular weight is 348 g/mol. The number of hydrogen-bond donors (Lipinski definition) is 1. The Hall–Kier alpha value is -2.24. The largest absolute Gasteiger partial charge is 0.454 e. The van der Waals surface area contributed by atoms with Gasteiger partial charge in [-0.25, -0.2) is 0 Å². The van der Waals surface area contributed by atoms with Gasteiger partial charge in [0.15, 0.2) is 11.5 Å². The van der Waals surface area contributed by atoms with E-state index in [1.54, 1.807) is 12.1 Å². The van der Waals surface area contributed by atoms with Crippen LogP contribution in [-0.2, 0) is 17.9 Å². The van der Waals surface area contributed by atoms with Gasteiger partial charge in [0.25, 0.3) is 5.91 Å². The topological polar surface area (TPSA) is 56.8 Å². The number of halogens is 1. The van der Waals surface area contributed by atoms with Crippen molar-refractivity contribution in [1.29, 1.82) is 0 Å². The summed E-state index contributed by atoms with van der Waals surface area (Å²) in [4.78, 5) is 12.3. The minimum absolute atomic E-state index is 0.119. The monoisotopic (exact) mass is 347 g/mol. The highest BCUT2D eigenvalue weighted by atomic mass is 35.5. The van der Waals surface area contributed by atoms with Gasteiger partial charge in [-0.05, 0) is 30.2 Å². The number of carbonyl (C=O) groups is 1. The fourth-order valence-corrected chi connectivity index (χ4v) is 2.62. The molecule has 0 fully saturated rings. The molecule has 0 aromatic heterocycles. The zero-order valence-electron chi connectivity index (χ0n) is 13.3. The Bertz CT molecular complexity index is 731. The standard InChI is InChI=1S/C18H18ClNO4/c1-2-22-10-13-5-3-12(4-6-13)9-20-18(21)14-7-15(19)17-16(8-14)23-11-24-17/h3-8H,2,9-11H2,1H3,(H,20,21). The van der Waals surface area contributed by atoms with Crippen LogP contribution in [0.2, 0.25) is 5.02 Å². The van der Waals surface area contributed by atoms with Gasteiger partial charge in [-0.3, -0.25) is 4.79 Å². The predicted octanol–water partition coefficient (Wildman–Crippen LogP) is 3.54. The maximum atomic E-state index is 12.3. The molecule has 0 saturated carbocycles. The third kappa shape index (κ3) is 3.80. The van der Waals surface area contributed by atoms with E-state index in [-0.39, 0.29) is 12.7 Å². The van der Waals surface area contributed by atoms with Crippen molar-refractivity contribution in [3.63, 3.8) is 0 Å². The molecule has 2 aromatic carbocycles. The number of amides is 1. The summed E-state index contributed by atoms with van der Waals surface area (Å²) in [5.74, 6) is 0.764. The van der Waals surface area contributed by atoms with Crippen LogP contribution in [0.15, 0.2) is 36.4 Å². The molecule has 0 atom stereocenters. The van der Waals surface area contributed by atoms with E-state index in [9.17, 15) is 4.79 Å². The maximum Gasteiger partial charge on any atom is 0.251 e. The number of nitrogens with one attached hydrogen (secondary N) is 1. The molecule has 0 saturated heterocycles. The van der Waals surface area contributed by atoms with Crippen LogP contribution in [0.3, 0.4) is 0 Å². The van der Waals surface area contributed by atoms with Crippen LogP contribution in [0.5, 0.6) is 11.5 Å². The number of ether oxygens (including phenoxy) is 3. The van der Waals surface area contributed by atoms with Crippen molar-refractivity contribution in [2.75, 3.05) is 13.4 Å². The SMILES string of the molecule is CCOCc1ccc(CNC(=O)c2cc(Cl)c3c(c2)OCO3)cc1. The van der Waals surface area contributed by atoms with Crippen molar-refractivity contribution < 1.29 is 19.0 Å². The van der Waals surface area contributed by atoms with Gasteiger partial charge in [-0.1, -0.05) is 35.9 Å². The summed E-state index contributed by atoms with van der Waals surface area (Å²) in [5, 5.41) is 3.24. The van der Waals surface area contributed by atoms with Gasteiger partial charge in [-0.2, -0.15) is 0 Å². The highest BCUT2D eigenvalue weighted by Crippen LogP contribution is 2.39. The number of rotatable bonds is 6. The van der Waals surface area contributed by atoms with Gasteiger partial charge in [0.05, 0.1) is 11.6 Å². The van der Waals surface area contributed by atoms with Gasteiger partial charge in [0.1, 0.15) is 0 Å². The van der Waals surface area contributed by atoms with Crippen molar-refractivity contribution in [2.45, 2.75) is 20.1 Å². The van der Waals surface area contributed by atoms with E-state index in [2.05, 4.69) is 5.32 Å². The van der Waals surface area contributed by atoms with Crippen LogP contribution >= 0.6 is 11.6 Å². The second kappa shape index (κ2) is 7.55. The molecule has 0 radical (unpaired) electrons. The molecule has 0 bridgehead atoms. The molecule has 0 unspecified atom stereocenters. The molecule has 1 aliphatic rings. The Balaban J connectivity index is 1.60. The lowest BCUT2D eigenvalue weighted by Crippen LogP contribution is -2.22. The van der Waals surface area contributed by atoms with Crippen LogP contribution in [-0.4, -0.2) is 19.3 Å². The number of fused-ring (bicyclic) bond motifs is 1. The Morgan fingerprint density at radius 3 is 2.71 bits per heavy atom. The van der Waals surface area contributed by atoms with Gasteiger partial charge in [-0.15, -0.1) is 0 Å². The summed E-state index contributed by atoms with van der Waals surface area (Å²) in [6.45, 7) is 3.80. The molecule has 0 aliphatic carbocycles. The molecule has 1 N–H and O–H groups in total. The van der Waals surface area contributed by atoms with E-state index in [1.165, 1.54) is 0 Å². The van der Waals surface area contributed by atoms with E-state index in [0.717, 1.165) is 11.1 Å². The molecule has 2 aromatic rings.